The van der Waals surface area contributed by atoms with Gasteiger partial charge in [0.2, 0.25) is 0 Å². The Morgan fingerprint density at radius 2 is 2.29 bits per heavy atom. The molecule has 2 aliphatic rings. The molecule has 0 aliphatic carbocycles. The Morgan fingerprint density at radius 3 is 2.86 bits per heavy atom. The second kappa shape index (κ2) is 4.28. The first kappa shape index (κ1) is 9.93. The molecule has 1 N–H and O–H groups in total. The highest BCUT2D eigenvalue weighted by Gasteiger charge is 2.30. The van der Waals surface area contributed by atoms with E-state index in [9.17, 15) is 4.79 Å². The molecule has 0 aromatic heterocycles. The van der Waals surface area contributed by atoms with Gasteiger partial charge in [0.1, 0.15) is 12.1 Å². The minimum absolute atomic E-state index is 0.00142. The van der Waals surface area contributed by atoms with Crippen molar-refractivity contribution >= 4 is 5.97 Å². The van der Waals surface area contributed by atoms with Crippen LogP contribution in [0.1, 0.15) is 19.8 Å². The zero-order chi connectivity index (χ0) is 9.97. The van der Waals surface area contributed by atoms with Gasteiger partial charge in [-0.25, -0.2) is 0 Å². The van der Waals surface area contributed by atoms with Gasteiger partial charge in [0.05, 0.1) is 13.2 Å². The fraction of sp³-hybridized carbons (Fsp3) is 0.900. The Bertz CT molecular complexity index is 215. The molecule has 0 aromatic carbocycles. The van der Waals surface area contributed by atoms with E-state index in [1.54, 1.807) is 0 Å². The summed E-state index contributed by atoms with van der Waals surface area (Å²) in [5, 5.41) is 3.19. The molecular formula is C10H17NO3. The summed E-state index contributed by atoms with van der Waals surface area (Å²) in [6.07, 6.45) is 2.05. The van der Waals surface area contributed by atoms with Crippen molar-refractivity contribution in [3.05, 3.63) is 0 Å². The van der Waals surface area contributed by atoms with Crippen molar-refractivity contribution in [1.29, 1.82) is 0 Å². The summed E-state index contributed by atoms with van der Waals surface area (Å²) in [6.45, 7) is 4.22. The largest absolute Gasteiger partial charge is 0.456 e. The lowest BCUT2D eigenvalue weighted by Gasteiger charge is -2.31. The number of rotatable bonds is 2. The van der Waals surface area contributed by atoms with Gasteiger partial charge in [-0.1, -0.05) is 6.92 Å². The molecule has 0 aromatic rings. The summed E-state index contributed by atoms with van der Waals surface area (Å²) >= 11 is 0. The first-order valence-electron chi connectivity index (χ1n) is 5.27. The van der Waals surface area contributed by atoms with Crippen LogP contribution in [-0.4, -0.2) is 37.9 Å². The minimum Gasteiger partial charge on any atom is -0.456 e. The molecule has 2 rings (SSSR count). The smallest absolute Gasteiger partial charge is 0.323 e. The van der Waals surface area contributed by atoms with E-state index in [4.69, 9.17) is 9.47 Å². The Balaban J connectivity index is 1.77. The molecule has 4 heteroatoms. The van der Waals surface area contributed by atoms with Crippen LogP contribution in [0.2, 0.25) is 0 Å². The van der Waals surface area contributed by atoms with Crippen LogP contribution in [-0.2, 0) is 14.3 Å². The molecule has 14 heavy (non-hydrogen) atoms. The topological polar surface area (TPSA) is 47.6 Å². The Labute approximate surface area is 84.0 Å². The molecule has 80 valence electrons. The summed E-state index contributed by atoms with van der Waals surface area (Å²) in [4.78, 5) is 11.6. The third-order valence-corrected chi connectivity index (χ3v) is 2.84. The molecule has 2 atom stereocenters. The van der Waals surface area contributed by atoms with Crippen molar-refractivity contribution in [2.75, 3.05) is 19.8 Å². The monoisotopic (exact) mass is 199 g/mol. The van der Waals surface area contributed by atoms with Gasteiger partial charge in [0.15, 0.2) is 0 Å². The number of piperidine rings is 1. The van der Waals surface area contributed by atoms with Crippen molar-refractivity contribution in [1.82, 2.24) is 5.32 Å². The number of esters is 1. The van der Waals surface area contributed by atoms with Crippen molar-refractivity contribution in [2.24, 2.45) is 5.92 Å². The Morgan fingerprint density at radius 1 is 1.50 bits per heavy atom. The maximum atomic E-state index is 11.6. The lowest BCUT2D eigenvalue weighted by Crippen LogP contribution is -2.47. The summed E-state index contributed by atoms with van der Waals surface area (Å²) in [5.41, 5.74) is 0. The lowest BCUT2D eigenvalue weighted by molar-refractivity contribution is -0.175. The molecule has 0 spiro atoms. The molecule has 0 bridgehead atoms. The molecule has 2 saturated heterocycles. The van der Waals surface area contributed by atoms with Crippen LogP contribution in [0, 0.1) is 5.92 Å². The third kappa shape index (κ3) is 2.25. The van der Waals surface area contributed by atoms with Crippen molar-refractivity contribution in [3.8, 4) is 0 Å². The van der Waals surface area contributed by atoms with Crippen molar-refractivity contribution in [3.63, 3.8) is 0 Å². The average molecular weight is 199 g/mol. The summed E-state index contributed by atoms with van der Waals surface area (Å²) in [7, 11) is 0. The minimum atomic E-state index is -0.107. The van der Waals surface area contributed by atoms with Crippen LogP contribution >= 0.6 is 0 Å². The third-order valence-electron chi connectivity index (χ3n) is 2.84. The number of carbonyl (C=O) groups excluding carboxylic acids is 1. The van der Waals surface area contributed by atoms with Gasteiger partial charge in [-0.2, -0.15) is 0 Å². The first-order chi connectivity index (χ1) is 6.75. The first-order valence-corrected chi connectivity index (χ1v) is 5.27. The maximum absolute atomic E-state index is 11.6. The highest BCUT2D eigenvalue weighted by atomic mass is 16.6. The van der Waals surface area contributed by atoms with Crippen LogP contribution in [0.3, 0.4) is 0 Å². The predicted molar refractivity (Wildman–Crippen MR) is 50.9 cm³/mol. The second-order valence-electron chi connectivity index (χ2n) is 4.23. The van der Waals surface area contributed by atoms with Crippen LogP contribution in [0.25, 0.3) is 0 Å². The normalized spacial score (nSPS) is 33.5. The maximum Gasteiger partial charge on any atom is 0.323 e. The second-order valence-corrected chi connectivity index (χ2v) is 4.23. The fourth-order valence-corrected chi connectivity index (χ4v) is 1.82. The van der Waals surface area contributed by atoms with Gasteiger partial charge >= 0.3 is 5.97 Å². The molecule has 2 unspecified atom stereocenters. The van der Waals surface area contributed by atoms with Crippen molar-refractivity contribution < 1.29 is 14.3 Å². The van der Waals surface area contributed by atoms with Gasteiger partial charge in [0.25, 0.3) is 0 Å². The van der Waals surface area contributed by atoms with E-state index in [0.29, 0.717) is 19.1 Å². The Hall–Kier alpha value is -0.610. The van der Waals surface area contributed by atoms with Crippen LogP contribution in [0.15, 0.2) is 0 Å². The van der Waals surface area contributed by atoms with Crippen LogP contribution in [0.4, 0.5) is 0 Å². The zero-order valence-corrected chi connectivity index (χ0v) is 8.49. The molecule has 0 saturated carbocycles. The van der Waals surface area contributed by atoms with Crippen LogP contribution < -0.4 is 5.32 Å². The number of hydrogen-bond acceptors (Lipinski definition) is 4. The SMILES string of the molecule is CC1CCNC(C(=O)OC2COC2)C1. The highest BCUT2D eigenvalue weighted by molar-refractivity contribution is 5.76. The van der Waals surface area contributed by atoms with Gasteiger partial charge in [-0.05, 0) is 25.3 Å². The zero-order valence-electron chi connectivity index (χ0n) is 8.49. The molecule has 0 amide bonds. The summed E-state index contributed by atoms with van der Waals surface area (Å²) in [5.74, 6) is 0.510. The van der Waals surface area contributed by atoms with E-state index in [2.05, 4.69) is 12.2 Å². The number of ether oxygens (including phenoxy) is 2. The summed E-state index contributed by atoms with van der Waals surface area (Å²) in [6, 6.07) is -0.0978. The lowest BCUT2D eigenvalue weighted by atomic mass is 9.94. The number of carbonyl (C=O) groups is 1. The average Bonchev–Trinajstić information content (AvgIpc) is 2.11. The molecule has 2 fully saturated rings. The molecule has 2 aliphatic heterocycles. The van der Waals surface area contributed by atoms with E-state index in [0.717, 1.165) is 19.4 Å². The van der Waals surface area contributed by atoms with E-state index in [1.165, 1.54) is 0 Å². The predicted octanol–water partition coefficient (Wildman–Crippen LogP) is 0.316. The Kier molecular flexibility index (Phi) is 3.03. The van der Waals surface area contributed by atoms with Gasteiger partial charge < -0.3 is 14.8 Å². The summed E-state index contributed by atoms with van der Waals surface area (Å²) < 4.78 is 10.2. The molecule has 4 nitrogen and oxygen atoms in total. The van der Waals surface area contributed by atoms with Gasteiger partial charge in [-0.3, -0.25) is 4.79 Å². The molecular weight excluding hydrogens is 182 g/mol. The number of hydrogen-bond donors (Lipinski definition) is 1. The van der Waals surface area contributed by atoms with E-state index in [1.807, 2.05) is 0 Å². The fourth-order valence-electron chi connectivity index (χ4n) is 1.82. The van der Waals surface area contributed by atoms with Gasteiger partial charge in [0, 0.05) is 0 Å². The molecule has 2 heterocycles. The van der Waals surface area contributed by atoms with E-state index >= 15 is 0 Å². The van der Waals surface area contributed by atoms with Gasteiger partial charge in [-0.15, -0.1) is 0 Å². The standard InChI is InChI=1S/C10H17NO3/c1-7-2-3-11-9(4-7)10(12)14-8-5-13-6-8/h7-9,11H,2-6H2,1H3. The molecule has 0 radical (unpaired) electrons. The number of nitrogens with one attached hydrogen (secondary N) is 1. The van der Waals surface area contributed by atoms with Crippen LogP contribution in [0.5, 0.6) is 0 Å². The van der Waals surface area contributed by atoms with Crippen molar-refractivity contribution in [2.45, 2.75) is 31.9 Å². The highest BCUT2D eigenvalue weighted by Crippen LogP contribution is 2.17. The van der Waals surface area contributed by atoms with E-state index in [-0.39, 0.29) is 18.1 Å². The quantitative estimate of drug-likeness (QED) is 0.650. The van der Waals surface area contributed by atoms with E-state index < -0.39 is 0 Å².